The van der Waals surface area contributed by atoms with Gasteiger partial charge in [-0.15, -0.1) is 0 Å². The van der Waals surface area contributed by atoms with Crippen LogP contribution < -0.4 is 5.32 Å². The number of aromatic nitrogens is 1. The monoisotopic (exact) mass is 266 g/mol. The molecule has 2 rings (SSSR count). The maximum Gasteiger partial charge on any atom is 0.214 e. The van der Waals surface area contributed by atoms with Crippen LogP contribution in [0, 0.1) is 5.95 Å². The van der Waals surface area contributed by atoms with E-state index < -0.39 is 5.95 Å². The van der Waals surface area contributed by atoms with Crippen LogP contribution in [0.3, 0.4) is 0 Å². The molecule has 1 aromatic heterocycles. The van der Waals surface area contributed by atoms with Crippen molar-refractivity contribution in [1.82, 2.24) is 4.98 Å². The van der Waals surface area contributed by atoms with E-state index in [1.807, 2.05) is 38.1 Å². The molecule has 2 aromatic rings. The second-order valence-electron chi connectivity index (χ2n) is 3.33. The van der Waals surface area contributed by atoms with Gasteiger partial charge in [-0.25, -0.2) is 4.98 Å². The van der Waals surface area contributed by atoms with E-state index in [0.29, 0.717) is 17.4 Å². The Morgan fingerprint density at radius 3 is 2.39 bits per heavy atom. The van der Waals surface area contributed by atoms with Crippen LogP contribution in [0.4, 0.5) is 10.2 Å². The van der Waals surface area contributed by atoms with Gasteiger partial charge in [0.2, 0.25) is 5.95 Å². The molecule has 18 heavy (non-hydrogen) atoms. The van der Waals surface area contributed by atoms with E-state index in [9.17, 15) is 4.39 Å². The van der Waals surface area contributed by atoms with E-state index in [2.05, 4.69) is 10.3 Å². The first-order valence-corrected chi connectivity index (χ1v) is 6.23. The average Bonchev–Trinajstić information content (AvgIpc) is 2.41. The third-order valence-electron chi connectivity index (χ3n) is 2.10. The fourth-order valence-corrected chi connectivity index (χ4v) is 1.43. The average molecular weight is 267 g/mol. The first kappa shape index (κ1) is 14.5. The van der Waals surface area contributed by atoms with Crippen LogP contribution in [-0.2, 0) is 6.54 Å². The molecule has 0 spiro atoms. The van der Waals surface area contributed by atoms with Crippen LogP contribution in [-0.4, -0.2) is 4.98 Å². The molecule has 0 radical (unpaired) electrons. The molecule has 0 fully saturated rings. The van der Waals surface area contributed by atoms with Gasteiger partial charge in [0.1, 0.15) is 5.82 Å². The fraction of sp³-hybridized carbons (Fsp3) is 0.214. The van der Waals surface area contributed by atoms with Crippen molar-refractivity contribution in [1.29, 1.82) is 0 Å². The standard InChI is InChI=1S/C12H10ClFN2.C2H6/c13-10-6-4-9(5-7-10)8-15-12-3-1-2-11(14)16-12;1-2/h1-7H,8H2,(H,15,16);1-2H3. The van der Waals surface area contributed by atoms with Gasteiger partial charge in [-0.3, -0.25) is 0 Å². The van der Waals surface area contributed by atoms with Crippen molar-refractivity contribution < 1.29 is 4.39 Å². The van der Waals surface area contributed by atoms with E-state index in [0.717, 1.165) is 5.56 Å². The highest BCUT2D eigenvalue weighted by Crippen LogP contribution is 2.11. The molecule has 1 aromatic carbocycles. The highest BCUT2D eigenvalue weighted by molar-refractivity contribution is 6.30. The summed E-state index contributed by atoms with van der Waals surface area (Å²) < 4.78 is 12.8. The van der Waals surface area contributed by atoms with Crippen molar-refractivity contribution in [2.24, 2.45) is 0 Å². The summed E-state index contributed by atoms with van der Waals surface area (Å²) in [6, 6.07) is 12.1. The summed E-state index contributed by atoms with van der Waals surface area (Å²) in [6.07, 6.45) is 0. The zero-order valence-corrected chi connectivity index (χ0v) is 11.2. The van der Waals surface area contributed by atoms with Gasteiger partial charge in [0.05, 0.1) is 0 Å². The molecule has 0 amide bonds. The zero-order chi connectivity index (χ0) is 13.4. The SMILES string of the molecule is CC.Fc1cccc(NCc2ccc(Cl)cc2)n1. The Balaban J connectivity index is 0.000000771. The van der Waals surface area contributed by atoms with Crippen LogP contribution in [0.1, 0.15) is 19.4 Å². The summed E-state index contributed by atoms with van der Waals surface area (Å²) in [7, 11) is 0. The Labute approximate surface area is 112 Å². The molecular formula is C14H16ClFN2. The molecule has 0 saturated heterocycles. The minimum absolute atomic E-state index is 0.485. The normalized spacial score (nSPS) is 9.33. The Hall–Kier alpha value is -1.61. The second kappa shape index (κ2) is 7.67. The number of hydrogen-bond donors (Lipinski definition) is 1. The summed E-state index contributed by atoms with van der Waals surface area (Å²) in [4.78, 5) is 3.70. The van der Waals surface area contributed by atoms with Gasteiger partial charge >= 0.3 is 0 Å². The largest absolute Gasteiger partial charge is 0.366 e. The van der Waals surface area contributed by atoms with Gasteiger partial charge in [0, 0.05) is 11.6 Å². The molecule has 1 N–H and O–H groups in total. The Morgan fingerprint density at radius 2 is 1.78 bits per heavy atom. The molecule has 4 heteroatoms. The summed E-state index contributed by atoms with van der Waals surface area (Å²) in [5.74, 6) is 0.0380. The van der Waals surface area contributed by atoms with Crippen molar-refractivity contribution in [3.63, 3.8) is 0 Å². The number of pyridine rings is 1. The lowest BCUT2D eigenvalue weighted by Crippen LogP contribution is -2.01. The molecule has 0 saturated carbocycles. The van der Waals surface area contributed by atoms with Gasteiger partial charge in [0.15, 0.2) is 0 Å². The number of rotatable bonds is 3. The van der Waals surface area contributed by atoms with Crippen LogP contribution in [0.2, 0.25) is 5.02 Å². The molecule has 2 nitrogen and oxygen atoms in total. The molecule has 0 aliphatic heterocycles. The van der Waals surface area contributed by atoms with Gasteiger partial charge < -0.3 is 5.32 Å². The maximum absolute atomic E-state index is 12.8. The van der Waals surface area contributed by atoms with Crippen LogP contribution >= 0.6 is 11.6 Å². The number of benzene rings is 1. The van der Waals surface area contributed by atoms with Crippen molar-refractivity contribution in [2.45, 2.75) is 20.4 Å². The van der Waals surface area contributed by atoms with Gasteiger partial charge in [-0.05, 0) is 29.8 Å². The molecule has 0 unspecified atom stereocenters. The summed E-state index contributed by atoms with van der Waals surface area (Å²) >= 11 is 5.77. The third-order valence-corrected chi connectivity index (χ3v) is 2.35. The van der Waals surface area contributed by atoms with E-state index in [1.165, 1.54) is 6.07 Å². The van der Waals surface area contributed by atoms with Crippen molar-refractivity contribution in [3.05, 3.63) is 59.0 Å². The number of nitrogens with zero attached hydrogens (tertiary/aromatic N) is 1. The van der Waals surface area contributed by atoms with Crippen molar-refractivity contribution in [3.8, 4) is 0 Å². The zero-order valence-electron chi connectivity index (χ0n) is 10.5. The van der Waals surface area contributed by atoms with Gasteiger partial charge in [-0.2, -0.15) is 4.39 Å². The van der Waals surface area contributed by atoms with Crippen molar-refractivity contribution in [2.75, 3.05) is 5.32 Å². The third kappa shape index (κ3) is 4.72. The quantitative estimate of drug-likeness (QED) is 0.827. The minimum atomic E-state index is -0.485. The molecule has 1 heterocycles. The first-order chi connectivity index (χ1) is 8.74. The van der Waals surface area contributed by atoms with E-state index in [4.69, 9.17) is 11.6 Å². The number of halogens is 2. The summed E-state index contributed by atoms with van der Waals surface area (Å²) in [6.45, 7) is 4.59. The van der Waals surface area contributed by atoms with E-state index in [1.54, 1.807) is 12.1 Å². The van der Waals surface area contributed by atoms with E-state index in [-0.39, 0.29) is 0 Å². The lowest BCUT2D eigenvalue weighted by Gasteiger charge is -2.05. The molecular weight excluding hydrogens is 251 g/mol. The van der Waals surface area contributed by atoms with Crippen LogP contribution in [0.5, 0.6) is 0 Å². The predicted molar refractivity (Wildman–Crippen MR) is 74.3 cm³/mol. The molecule has 0 atom stereocenters. The lowest BCUT2D eigenvalue weighted by molar-refractivity contribution is 0.585. The Bertz CT molecular complexity index is 471. The molecule has 0 aliphatic rings. The Morgan fingerprint density at radius 1 is 1.11 bits per heavy atom. The Kier molecular flexibility index (Phi) is 6.15. The van der Waals surface area contributed by atoms with Crippen LogP contribution in [0.15, 0.2) is 42.5 Å². The van der Waals surface area contributed by atoms with Gasteiger partial charge in [0.25, 0.3) is 0 Å². The highest BCUT2D eigenvalue weighted by Gasteiger charge is 1.97. The maximum atomic E-state index is 12.8. The van der Waals surface area contributed by atoms with Gasteiger partial charge in [-0.1, -0.05) is 43.6 Å². The second-order valence-corrected chi connectivity index (χ2v) is 3.76. The smallest absolute Gasteiger partial charge is 0.214 e. The number of nitrogens with one attached hydrogen (secondary N) is 1. The highest BCUT2D eigenvalue weighted by atomic mass is 35.5. The number of hydrogen-bond acceptors (Lipinski definition) is 2. The summed E-state index contributed by atoms with van der Waals surface area (Å²) in [5, 5.41) is 3.73. The first-order valence-electron chi connectivity index (χ1n) is 5.85. The minimum Gasteiger partial charge on any atom is -0.366 e. The number of anilines is 1. The lowest BCUT2D eigenvalue weighted by atomic mass is 10.2. The van der Waals surface area contributed by atoms with Crippen molar-refractivity contribution >= 4 is 17.4 Å². The van der Waals surface area contributed by atoms with Crippen LogP contribution in [0.25, 0.3) is 0 Å². The molecule has 0 aliphatic carbocycles. The molecule has 96 valence electrons. The predicted octanol–water partition coefficient (Wildman–Crippen LogP) is 4.51. The van der Waals surface area contributed by atoms with E-state index >= 15 is 0 Å². The topological polar surface area (TPSA) is 24.9 Å². The summed E-state index contributed by atoms with van der Waals surface area (Å²) in [5.41, 5.74) is 1.07. The molecule has 0 bridgehead atoms. The fourth-order valence-electron chi connectivity index (χ4n) is 1.30.